The Hall–Kier alpha value is -1.32. The van der Waals surface area contributed by atoms with Crippen LogP contribution in [-0.4, -0.2) is 19.8 Å². The highest BCUT2D eigenvalue weighted by Crippen LogP contribution is 2.40. The van der Waals surface area contributed by atoms with Crippen molar-refractivity contribution in [2.75, 3.05) is 13.7 Å². The molecule has 0 radical (unpaired) electrons. The summed E-state index contributed by atoms with van der Waals surface area (Å²) in [7, 11) is 1.98. The van der Waals surface area contributed by atoms with Crippen LogP contribution in [0.15, 0.2) is 34.7 Å². The third-order valence-corrected chi connectivity index (χ3v) is 3.84. The van der Waals surface area contributed by atoms with Crippen LogP contribution in [0.2, 0.25) is 0 Å². The molecule has 0 aliphatic heterocycles. The molecule has 2 unspecified atom stereocenters. The zero-order valence-electron chi connectivity index (χ0n) is 11.6. The Labute approximate surface area is 113 Å². The normalized spacial score (nSPS) is 18.6. The van der Waals surface area contributed by atoms with Gasteiger partial charge in [-0.05, 0) is 44.9 Å². The highest BCUT2D eigenvalue weighted by Gasteiger charge is 2.38. The van der Waals surface area contributed by atoms with Crippen LogP contribution < -0.4 is 5.32 Å². The lowest BCUT2D eigenvalue weighted by Crippen LogP contribution is -2.33. The molecule has 2 atom stereocenters. The van der Waals surface area contributed by atoms with Crippen LogP contribution in [0.3, 0.4) is 0 Å². The molecule has 1 aromatic heterocycles. The van der Waals surface area contributed by atoms with Gasteiger partial charge in [0, 0.05) is 12.0 Å². The maximum Gasteiger partial charge on any atom is 0.134 e. The Morgan fingerprint density at radius 2 is 2.16 bits per heavy atom. The average Bonchev–Trinajstić information content (AvgIpc) is 3.18. The minimum atomic E-state index is 0.139. The standard InChI is InChI=1S/C16H21NO2/c1-3-18-16(11-8-9-11)15(17-2)14-10-12-6-4-5-7-13(12)19-14/h4-7,10-11,15-17H,3,8-9H2,1-2H3. The summed E-state index contributed by atoms with van der Waals surface area (Å²) < 4.78 is 11.9. The summed E-state index contributed by atoms with van der Waals surface area (Å²) in [5, 5.41) is 4.52. The van der Waals surface area contributed by atoms with Gasteiger partial charge in [-0.15, -0.1) is 0 Å². The van der Waals surface area contributed by atoms with E-state index in [1.807, 2.05) is 25.2 Å². The van der Waals surface area contributed by atoms with Crippen molar-refractivity contribution in [1.82, 2.24) is 5.32 Å². The predicted octanol–water partition coefficient (Wildman–Crippen LogP) is 3.51. The quantitative estimate of drug-likeness (QED) is 0.862. The zero-order chi connectivity index (χ0) is 13.2. The average molecular weight is 259 g/mol. The summed E-state index contributed by atoms with van der Waals surface area (Å²) in [6, 6.07) is 10.4. The Balaban J connectivity index is 1.91. The lowest BCUT2D eigenvalue weighted by Gasteiger charge is -2.25. The summed E-state index contributed by atoms with van der Waals surface area (Å²) in [6.45, 7) is 2.81. The third kappa shape index (κ3) is 2.53. The Bertz CT molecular complexity index is 511. The van der Waals surface area contributed by atoms with E-state index >= 15 is 0 Å². The monoisotopic (exact) mass is 259 g/mol. The Morgan fingerprint density at radius 1 is 1.37 bits per heavy atom. The highest BCUT2D eigenvalue weighted by molar-refractivity contribution is 5.77. The Morgan fingerprint density at radius 3 is 2.79 bits per heavy atom. The van der Waals surface area contributed by atoms with Gasteiger partial charge in [-0.25, -0.2) is 0 Å². The van der Waals surface area contributed by atoms with Crippen molar-refractivity contribution in [1.29, 1.82) is 0 Å². The first-order chi connectivity index (χ1) is 9.33. The van der Waals surface area contributed by atoms with Gasteiger partial charge in [0.05, 0.1) is 12.1 Å². The highest BCUT2D eigenvalue weighted by atomic mass is 16.5. The molecule has 0 amide bonds. The number of benzene rings is 1. The van der Waals surface area contributed by atoms with Gasteiger partial charge in [0.2, 0.25) is 0 Å². The van der Waals surface area contributed by atoms with Crippen molar-refractivity contribution in [3.05, 3.63) is 36.1 Å². The maximum atomic E-state index is 5.98. The molecular weight excluding hydrogens is 238 g/mol. The van der Waals surface area contributed by atoms with Crippen molar-refractivity contribution < 1.29 is 9.15 Å². The fraction of sp³-hybridized carbons (Fsp3) is 0.500. The fourth-order valence-corrected chi connectivity index (χ4v) is 2.75. The van der Waals surface area contributed by atoms with E-state index in [9.17, 15) is 0 Å². The molecule has 3 nitrogen and oxygen atoms in total. The van der Waals surface area contributed by atoms with Gasteiger partial charge in [0.1, 0.15) is 11.3 Å². The second-order valence-corrected chi connectivity index (χ2v) is 5.21. The van der Waals surface area contributed by atoms with Crippen LogP contribution in [0.5, 0.6) is 0 Å². The van der Waals surface area contributed by atoms with E-state index in [0.29, 0.717) is 5.92 Å². The molecule has 2 aromatic rings. The van der Waals surface area contributed by atoms with Gasteiger partial charge >= 0.3 is 0 Å². The fourth-order valence-electron chi connectivity index (χ4n) is 2.75. The molecule has 1 aliphatic carbocycles. The van der Waals surface area contributed by atoms with Crippen molar-refractivity contribution in [3.63, 3.8) is 0 Å². The van der Waals surface area contributed by atoms with E-state index in [-0.39, 0.29) is 12.1 Å². The number of hydrogen-bond acceptors (Lipinski definition) is 3. The molecule has 1 heterocycles. The number of hydrogen-bond donors (Lipinski definition) is 1. The zero-order valence-corrected chi connectivity index (χ0v) is 11.6. The number of nitrogens with one attached hydrogen (secondary N) is 1. The first-order valence-electron chi connectivity index (χ1n) is 7.10. The number of rotatable bonds is 6. The van der Waals surface area contributed by atoms with E-state index in [2.05, 4.69) is 24.4 Å². The molecule has 1 aliphatic rings. The van der Waals surface area contributed by atoms with Gasteiger partial charge < -0.3 is 14.5 Å². The molecule has 1 saturated carbocycles. The van der Waals surface area contributed by atoms with E-state index in [0.717, 1.165) is 23.3 Å². The van der Waals surface area contributed by atoms with E-state index in [1.54, 1.807) is 0 Å². The first-order valence-corrected chi connectivity index (χ1v) is 7.10. The Kier molecular flexibility index (Phi) is 3.58. The van der Waals surface area contributed by atoms with Crippen LogP contribution in [0.25, 0.3) is 11.0 Å². The number of ether oxygens (including phenoxy) is 1. The molecule has 0 spiro atoms. The third-order valence-electron chi connectivity index (χ3n) is 3.84. The molecular formula is C16H21NO2. The summed E-state index contributed by atoms with van der Waals surface area (Å²) >= 11 is 0. The smallest absolute Gasteiger partial charge is 0.134 e. The molecule has 1 fully saturated rings. The minimum Gasteiger partial charge on any atom is -0.459 e. The molecule has 3 rings (SSSR count). The van der Waals surface area contributed by atoms with Gasteiger partial charge in [-0.1, -0.05) is 18.2 Å². The lowest BCUT2D eigenvalue weighted by atomic mass is 10.0. The predicted molar refractivity (Wildman–Crippen MR) is 76.2 cm³/mol. The molecule has 1 aromatic carbocycles. The summed E-state index contributed by atoms with van der Waals surface area (Å²) in [5.74, 6) is 1.65. The lowest BCUT2D eigenvalue weighted by molar-refractivity contribution is 0.0156. The van der Waals surface area contributed by atoms with Crippen molar-refractivity contribution >= 4 is 11.0 Å². The molecule has 102 valence electrons. The van der Waals surface area contributed by atoms with Gasteiger partial charge in [0.15, 0.2) is 0 Å². The van der Waals surface area contributed by atoms with Crippen molar-refractivity contribution in [2.45, 2.75) is 31.9 Å². The van der Waals surface area contributed by atoms with Crippen LogP contribution >= 0.6 is 0 Å². The molecule has 19 heavy (non-hydrogen) atoms. The van der Waals surface area contributed by atoms with Gasteiger partial charge in [-0.3, -0.25) is 0 Å². The van der Waals surface area contributed by atoms with Crippen molar-refractivity contribution in [2.24, 2.45) is 5.92 Å². The molecule has 0 saturated heterocycles. The largest absolute Gasteiger partial charge is 0.459 e. The number of furan rings is 1. The molecule has 3 heteroatoms. The van der Waals surface area contributed by atoms with Gasteiger partial charge in [0.25, 0.3) is 0 Å². The topological polar surface area (TPSA) is 34.4 Å². The SMILES string of the molecule is CCOC(C1CC1)C(NC)c1cc2ccccc2o1. The van der Waals surface area contributed by atoms with E-state index < -0.39 is 0 Å². The van der Waals surface area contributed by atoms with Crippen LogP contribution in [0.4, 0.5) is 0 Å². The summed E-state index contributed by atoms with van der Waals surface area (Å²) in [4.78, 5) is 0. The summed E-state index contributed by atoms with van der Waals surface area (Å²) in [6.07, 6.45) is 2.75. The van der Waals surface area contributed by atoms with E-state index in [1.165, 1.54) is 12.8 Å². The second-order valence-electron chi connectivity index (χ2n) is 5.21. The number of likely N-dealkylation sites (N-methyl/N-ethyl adjacent to an activating group) is 1. The maximum absolute atomic E-state index is 5.98. The second kappa shape index (κ2) is 5.35. The minimum absolute atomic E-state index is 0.139. The van der Waals surface area contributed by atoms with Crippen molar-refractivity contribution in [3.8, 4) is 0 Å². The number of fused-ring (bicyclic) bond motifs is 1. The van der Waals surface area contributed by atoms with Crippen LogP contribution in [0.1, 0.15) is 31.6 Å². The van der Waals surface area contributed by atoms with Crippen LogP contribution in [-0.2, 0) is 4.74 Å². The van der Waals surface area contributed by atoms with Gasteiger partial charge in [-0.2, -0.15) is 0 Å². The van der Waals surface area contributed by atoms with E-state index in [4.69, 9.17) is 9.15 Å². The first kappa shape index (κ1) is 12.7. The summed E-state index contributed by atoms with van der Waals surface area (Å²) in [5.41, 5.74) is 0.948. The van der Waals surface area contributed by atoms with Crippen LogP contribution in [0, 0.1) is 5.92 Å². The number of para-hydroxylation sites is 1. The molecule has 1 N–H and O–H groups in total. The molecule has 0 bridgehead atoms.